The summed E-state index contributed by atoms with van der Waals surface area (Å²) in [6.45, 7) is 4.93. The third-order valence-electron chi connectivity index (χ3n) is 5.08. The van der Waals surface area contributed by atoms with E-state index in [9.17, 15) is 0 Å². The number of fused-ring (bicyclic) bond motifs is 1. The first-order valence-electron chi connectivity index (χ1n) is 9.85. The number of pyridine rings is 1. The van der Waals surface area contributed by atoms with E-state index in [1.807, 2.05) is 36.5 Å². The highest BCUT2D eigenvalue weighted by atomic mass is 16.5. The largest absolute Gasteiger partial charge is 0.489 e. The van der Waals surface area contributed by atoms with Crippen molar-refractivity contribution in [1.82, 2.24) is 4.98 Å². The Balaban J connectivity index is 1.65. The van der Waals surface area contributed by atoms with E-state index in [-0.39, 0.29) is 0 Å². The Morgan fingerprint density at radius 2 is 1.79 bits per heavy atom. The van der Waals surface area contributed by atoms with Gasteiger partial charge in [-0.15, -0.1) is 0 Å². The molecule has 3 heteroatoms. The Labute approximate surface area is 171 Å². The summed E-state index contributed by atoms with van der Waals surface area (Å²) < 4.78 is 5.94. The van der Waals surface area contributed by atoms with Gasteiger partial charge < -0.3 is 10.1 Å². The third-order valence-corrected chi connectivity index (χ3v) is 5.08. The number of aromatic nitrogens is 1. The molecule has 4 aromatic rings. The zero-order valence-corrected chi connectivity index (χ0v) is 16.7. The first kappa shape index (κ1) is 18.9. The number of benzene rings is 3. The summed E-state index contributed by atoms with van der Waals surface area (Å²) >= 11 is 0. The average molecular weight is 380 g/mol. The smallest absolute Gasteiger partial charge is 0.119 e. The molecule has 0 amide bonds. The Kier molecular flexibility index (Phi) is 5.39. The third kappa shape index (κ3) is 4.19. The lowest BCUT2D eigenvalue weighted by atomic mass is 9.93. The number of nitrogens with zero attached hydrogens (tertiary/aromatic N) is 1. The Morgan fingerprint density at radius 3 is 2.55 bits per heavy atom. The molecule has 0 bridgehead atoms. The number of nitrogens with one attached hydrogen (secondary N) is 1. The van der Waals surface area contributed by atoms with Crippen molar-refractivity contribution in [3.8, 4) is 16.9 Å². The maximum absolute atomic E-state index is 7.28. The summed E-state index contributed by atoms with van der Waals surface area (Å²) in [5, 5.41) is 8.45. The standard InChI is InChI=1S/C26H24N2O/c1-18(2)23-14-22-7-4-12-28-26(22)25(15-23)21-6-3-5-20(13-21)17-29-24-10-8-19(16-27)9-11-24/h3-16,18,27H,17H2,1-2H3. The summed E-state index contributed by atoms with van der Waals surface area (Å²) in [5.74, 6) is 1.25. The summed E-state index contributed by atoms with van der Waals surface area (Å²) in [6.07, 6.45) is 3.18. The summed E-state index contributed by atoms with van der Waals surface area (Å²) in [6, 6.07) is 24.6. The molecular formula is C26H24N2O. The topological polar surface area (TPSA) is 46.0 Å². The molecule has 3 aromatic carbocycles. The van der Waals surface area contributed by atoms with Crippen LogP contribution in [0, 0.1) is 5.41 Å². The number of hydrogen-bond donors (Lipinski definition) is 1. The normalized spacial score (nSPS) is 11.0. The zero-order chi connectivity index (χ0) is 20.2. The summed E-state index contributed by atoms with van der Waals surface area (Å²) in [5.41, 5.74) is 6.62. The molecule has 1 heterocycles. The van der Waals surface area contributed by atoms with E-state index < -0.39 is 0 Å². The van der Waals surface area contributed by atoms with Crippen LogP contribution in [0.4, 0.5) is 0 Å². The van der Waals surface area contributed by atoms with Crippen LogP contribution in [0.25, 0.3) is 22.0 Å². The van der Waals surface area contributed by atoms with Crippen LogP contribution in [0.15, 0.2) is 79.0 Å². The molecule has 144 valence electrons. The van der Waals surface area contributed by atoms with Gasteiger partial charge >= 0.3 is 0 Å². The van der Waals surface area contributed by atoms with Crippen LogP contribution in [0.3, 0.4) is 0 Å². The van der Waals surface area contributed by atoms with Crippen molar-refractivity contribution in [2.75, 3.05) is 0 Å². The van der Waals surface area contributed by atoms with E-state index in [0.29, 0.717) is 12.5 Å². The van der Waals surface area contributed by atoms with Gasteiger partial charge in [0.05, 0.1) is 5.52 Å². The zero-order valence-electron chi connectivity index (χ0n) is 16.7. The molecule has 0 saturated heterocycles. The SMILES string of the molecule is CC(C)c1cc(-c2cccc(COc3ccc(C=N)cc3)c2)c2ncccc2c1. The molecule has 0 radical (unpaired) electrons. The van der Waals surface area contributed by atoms with Gasteiger partial charge in [0.15, 0.2) is 0 Å². The Hall–Kier alpha value is -3.46. The molecule has 0 atom stereocenters. The minimum atomic E-state index is 0.453. The molecule has 4 rings (SSSR count). The number of ether oxygens (including phenoxy) is 1. The second kappa shape index (κ2) is 8.27. The lowest BCUT2D eigenvalue weighted by Gasteiger charge is -2.13. The molecular weight excluding hydrogens is 356 g/mol. The van der Waals surface area contributed by atoms with Gasteiger partial charge in [-0.2, -0.15) is 0 Å². The molecule has 0 aliphatic carbocycles. The molecule has 1 aromatic heterocycles. The van der Waals surface area contributed by atoms with Crippen molar-refractivity contribution in [3.63, 3.8) is 0 Å². The van der Waals surface area contributed by atoms with Crippen molar-refractivity contribution >= 4 is 17.1 Å². The molecule has 0 fully saturated rings. The molecule has 1 N–H and O–H groups in total. The van der Waals surface area contributed by atoms with Gasteiger partial charge in [-0.3, -0.25) is 4.98 Å². The monoisotopic (exact) mass is 380 g/mol. The Bertz CT molecular complexity index is 1150. The van der Waals surface area contributed by atoms with Gasteiger partial charge in [-0.05, 0) is 76.7 Å². The molecule has 0 aliphatic rings. The van der Waals surface area contributed by atoms with E-state index in [2.05, 4.69) is 61.3 Å². The van der Waals surface area contributed by atoms with Gasteiger partial charge in [-0.1, -0.05) is 38.1 Å². The second-order valence-electron chi connectivity index (χ2n) is 7.50. The first-order chi connectivity index (χ1) is 14.1. The lowest BCUT2D eigenvalue weighted by Crippen LogP contribution is -1.97. The van der Waals surface area contributed by atoms with Crippen LogP contribution in [-0.4, -0.2) is 11.2 Å². The van der Waals surface area contributed by atoms with E-state index in [0.717, 1.165) is 33.5 Å². The molecule has 29 heavy (non-hydrogen) atoms. The fraction of sp³-hybridized carbons (Fsp3) is 0.154. The van der Waals surface area contributed by atoms with Gasteiger partial charge in [0.2, 0.25) is 0 Å². The predicted molar refractivity (Wildman–Crippen MR) is 120 cm³/mol. The van der Waals surface area contributed by atoms with E-state index in [4.69, 9.17) is 10.1 Å². The maximum Gasteiger partial charge on any atom is 0.119 e. The molecule has 3 nitrogen and oxygen atoms in total. The highest BCUT2D eigenvalue weighted by molar-refractivity contribution is 5.94. The predicted octanol–water partition coefficient (Wildman–Crippen LogP) is 6.60. The maximum atomic E-state index is 7.28. The minimum Gasteiger partial charge on any atom is -0.489 e. The fourth-order valence-corrected chi connectivity index (χ4v) is 3.42. The molecule has 0 unspecified atom stereocenters. The van der Waals surface area contributed by atoms with Gasteiger partial charge in [0.1, 0.15) is 12.4 Å². The van der Waals surface area contributed by atoms with Crippen molar-refractivity contribution < 1.29 is 4.74 Å². The minimum absolute atomic E-state index is 0.453. The van der Waals surface area contributed by atoms with Crippen LogP contribution >= 0.6 is 0 Å². The van der Waals surface area contributed by atoms with Crippen LogP contribution in [0.2, 0.25) is 0 Å². The Morgan fingerprint density at radius 1 is 0.966 bits per heavy atom. The van der Waals surface area contributed by atoms with Crippen molar-refractivity contribution in [1.29, 1.82) is 5.41 Å². The van der Waals surface area contributed by atoms with E-state index in [1.165, 1.54) is 17.2 Å². The average Bonchev–Trinajstić information content (AvgIpc) is 2.77. The van der Waals surface area contributed by atoms with Crippen molar-refractivity contribution in [2.24, 2.45) is 0 Å². The second-order valence-corrected chi connectivity index (χ2v) is 7.50. The van der Waals surface area contributed by atoms with Gasteiger partial charge in [0, 0.05) is 23.4 Å². The van der Waals surface area contributed by atoms with Crippen LogP contribution in [-0.2, 0) is 6.61 Å². The van der Waals surface area contributed by atoms with Crippen molar-refractivity contribution in [2.45, 2.75) is 26.4 Å². The van der Waals surface area contributed by atoms with Crippen molar-refractivity contribution in [3.05, 3.63) is 95.7 Å². The van der Waals surface area contributed by atoms with Crippen LogP contribution < -0.4 is 4.74 Å². The first-order valence-corrected chi connectivity index (χ1v) is 9.85. The fourth-order valence-electron chi connectivity index (χ4n) is 3.42. The van der Waals surface area contributed by atoms with E-state index >= 15 is 0 Å². The summed E-state index contributed by atoms with van der Waals surface area (Å²) in [4.78, 5) is 4.65. The molecule has 0 spiro atoms. The number of hydrogen-bond acceptors (Lipinski definition) is 3. The van der Waals surface area contributed by atoms with Crippen LogP contribution in [0.5, 0.6) is 5.75 Å². The summed E-state index contributed by atoms with van der Waals surface area (Å²) in [7, 11) is 0. The highest BCUT2D eigenvalue weighted by Gasteiger charge is 2.10. The number of rotatable bonds is 6. The van der Waals surface area contributed by atoms with Gasteiger partial charge in [0.25, 0.3) is 0 Å². The van der Waals surface area contributed by atoms with Gasteiger partial charge in [-0.25, -0.2) is 0 Å². The highest BCUT2D eigenvalue weighted by Crippen LogP contribution is 2.32. The van der Waals surface area contributed by atoms with E-state index in [1.54, 1.807) is 0 Å². The van der Waals surface area contributed by atoms with Crippen LogP contribution in [0.1, 0.15) is 36.5 Å². The quantitative estimate of drug-likeness (QED) is 0.383. The molecule has 0 saturated carbocycles. The lowest BCUT2D eigenvalue weighted by molar-refractivity contribution is 0.306. The molecule has 0 aliphatic heterocycles.